The molecule has 18 heavy (non-hydrogen) atoms. The maximum Gasteiger partial charge on any atom is 0.396 e. The van der Waals surface area contributed by atoms with E-state index in [0.29, 0.717) is 23.4 Å². The fourth-order valence-corrected chi connectivity index (χ4v) is 1.63. The summed E-state index contributed by atoms with van der Waals surface area (Å²) in [7, 11) is 0. The van der Waals surface area contributed by atoms with Crippen LogP contribution in [0.5, 0.6) is 0 Å². The second-order valence-corrected chi connectivity index (χ2v) is 3.92. The van der Waals surface area contributed by atoms with Crippen LogP contribution in [0.1, 0.15) is 16.1 Å². The van der Waals surface area contributed by atoms with E-state index in [1.807, 2.05) is 0 Å². The summed E-state index contributed by atoms with van der Waals surface area (Å²) in [6.45, 7) is 1.30. The van der Waals surface area contributed by atoms with Crippen LogP contribution in [0.25, 0.3) is 0 Å². The fraction of sp³-hybridized carbons (Fsp3) is 0.364. The Bertz CT molecular complexity index is 528. The molecule has 0 aliphatic carbocycles. The number of aromatic nitrogens is 2. The van der Waals surface area contributed by atoms with Crippen molar-refractivity contribution >= 4 is 12.1 Å². The van der Waals surface area contributed by atoms with Crippen molar-refractivity contribution in [1.82, 2.24) is 9.78 Å². The number of carbonyl (C=O) groups is 1. The normalized spacial score (nSPS) is 19.8. The van der Waals surface area contributed by atoms with Crippen molar-refractivity contribution in [3.63, 3.8) is 0 Å². The number of alkyl halides is 3. The Kier molecular flexibility index (Phi) is 3.06. The van der Waals surface area contributed by atoms with Gasteiger partial charge in [-0.05, 0) is 13.0 Å². The van der Waals surface area contributed by atoms with Crippen molar-refractivity contribution in [2.75, 3.05) is 6.54 Å². The lowest BCUT2D eigenvalue weighted by molar-refractivity contribution is -0.158. The summed E-state index contributed by atoms with van der Waals surface area (Å²) in [5, 5.41) is 3.92. The standard InChI is InChI=1S/C11H10F3N3O/c1-7-8(6-18)4-16-17(7)10-3-2-9(5-15-10)11(12,13)14/h2-4,6,9H,5H2,1H3. The van der Waals surface area contributed by atoms with Crippen LogP contribution in [0, 0.1) is 12.8 Å². The molecular weight excluding hydrogens is 247 g/mol. The molecule has 7 heteroatoms. The zero-order chi connectivity index (χ0) is 13.3. The summed E-state index contributed by atoms with van der Waals surface area (Å²) in [6, 6.07) is 0. The molecule has 1 aliphatic rings. The van der Waals surface area contributed by atoms with Gasteiger partial charge in [-0.1, -0.05) is 6.08 Å². The van der Waals surface area contributed by atoms with Crippen molar-refractivity contribution in [3.8, 4) is 0 Å². The highest BCUT2D eigenvalue weighted by atomic mass is 19.4. The van der Waals surface area contributed by atoms with Gasteiger partial charge in [0.25, 0.3) is 0 Å². The zero-order valence-electron chi connectivity index (χ0n) is 9.48. The topological polar surface area (TPSA) is 47.2 Å². The molecule has 1 aromatic heterocycles. The third-order valence-corrected chi connectivity index (χ3v) is 2.74. The predicted molar refractivity (Wildman–Crippen MR) is 58.7 cm³/mol. The highest BCUT2D eigenvalue weighted by Crippen LogP contribution is 2.29. The first-order valence-corrected chi connectivity index (χ1v) is 5.23. The first-order valence-electron chi connectivity index (χ1n) is 5.23. The number of hydrogen-bond acceptors (Lipinski definition) is 3. The second-order valence-electron chi connectivity index (χ2n) is 3.92. The van der Waals surface area contributed by atoms with Gasteiger partial charge in [-0.3, -0.25) is 9.79 Å². The maximum absolute atomic E-state index is 12.4. The first kappa shape index (κ1) is 12.5. The van der Waals surface area contributed by atoms with Crippen LogP contribution in [-0.2, 0) is 0 Å². The summed E-state index contributed by atoms with van der Waals surface area (Å²) in [5.74, 6) is -1.25. The van der Waals surface area contributed by atoms with Gasteiger partial charge >= 0.3 is 6.18 Å². The molecule has 0 saturated heterocycles. The number of aldehydes is 1. The maximum atomic E-state index is 12.4. The number of nitrogens with zero attached hydrogens (tertiary/aromatic N) is 3. The van der Waals surface area contributed by atoms with Gasteiger partial charge in [0.05, 0.1) is 29.9 Å². The van der Waals surface area contributed by atoms with Crippen LogP contribution < -0.4 is 0 Å². The molecule has 0 radical (unpaired) electrons. The van der Waals surface area contributed by atoms with Crippen LogP contribution in [0.2, 0.25) is 0 Å². The minimum atomic E-state index is -4.28. The number of hydrogen-bond donors (Lipinski definition) is 0. The molecular formula is C11H10F3N3O. The Morgan fingerprint density at radius 2 is 2.22 bits per heavy atom. The Morgan fingerprint density at radius 1 is 1.50 bits per heavy atom. The molecule has 0 bridgehead atoms. The van der Waals surface area contributed by atoms with Crippen LogP contribution in [0.15, 0.2) is 23.3 Å². The third kappa shape index (κ3) is 2.20. The van der Waals surface area contributed by atoms with Crippen LogP contribution >= 0.6 is 0 Å². The molecule has 2 rings (SSSR count). The quantitative estimate of drug-likeness (QED) is 0.722. The molecule has 0 aromatic carbocycles. The van der Waals surface area contributed by atoms with Crippen LogP contribution in [0.4, 0.5) is 13.2 Å². The first-order chi connectivity index (χ1) is 8.43. The van der Waals surface area contributed by atoms with E-state index in [0.717, 1.165) is 6.08 Å². The highest BCUT2D eigenvalue weighted by Gasteiger charge is 2.38. The van der Waals surface area contributed by atoms with E-state index in [2.05, 4.69) is 10.1 Å². The van der Waals surface area contributed by atoms with E-state index in [1.54, 1.807) is 6.92 Å². The number of carbonyl (C=O) groups excluding carboxylic acids is 1. The lowest BCUT2D eigenvalue weighted by atomic mass is 10.1. The average molecular weight is 257 g/mol. The SMILES string of the molecule is Cc1c(C=O)cnn1C1=NCC(C(F)(F)F)C=C1. The van der Waals surface area contributed by atoms with E-state index in [4.69, 9.17) is 0 Å². The fourth-order valence-electron chi connectivity index (χ4n) is 1.63. The summed E-state index contributed by atoms with van der Waals surface area (Å²) in [6.07, 6.45) is 0.0535. The molecule has 0 N–H and O–H groups in total. The molecule has 96 valence electrons. The number of halogens is 3. The summed E-state index contributed by atoms with van der Waals surface area (Å²) in [5.41, 5.74) is 0.947. The molecule has 0 fully saturated rings. The van der Waals surface area contributed by atoms with Crippen molar-refractivity contribution in [2.45, 2.75) is 13.1 Å². The van der Waals surface area contributed by atoms with Gasteiger partial charge in [0.1, 0.15) is 5.84 Å². The lowest BCUT2D eigenvalue weighted by Crippen LogP contribution is -2.28. The van der Waals surface area contributed by atoms with Crippen molar-refractivity contribution in [3.05, 3.63) is 29.6 Å². The van der Waals surface area contributed by atoms with E-state index in [1.165, 1.54) is 17.0 Å². The van der Waals surface area contributed by atoms with Gasteiger partial charge < -0.3 is 0 Å². The van der Waals surface area contributed by atoms with E-state index in [-0.39, 0.29) is 6.54 Å². The molecule has 4 nitrogen and oxygen atoms in total. The summed E-state index contributed by atoms with van der Waals surface area (Å²) < 4.78 is 38.6. The molecule has 1 unspecified atom stereocenters. The molecule has 1 aliphatic heterocycles. The van der Waals surface area contributed by atoms with E-state index < -0.39 is 12.1 Å². The molecule has 0 saturated carbocycles. The third-order valence-electron chi connectivity index (χ3n) is 2.74. The largest absolute Gasteiger partial charge is 0.396 e. The van der Waals surface area contributed by atoms with Gasteiger partial charge in [-0.15, -0.1) is 0 Å². The Morgan fingerprint density at radius 3 is 2.67 bits per heavy atom. The number of allylic oxidation sites excluding steroid dienone is 1. The second kappa shape index (κ2) is 4.40. The Balaban J connectivity index is 2.23. The van der Waals surface area contributed by atoms with E-state index >= 15 is 0 Å². The average Bonchev–Trinajstić information content (AvgIpc) is 2.69. The Hall–Kier alpha value is -1.92. The molecule has 0 spiro atoms. The molecule has 1 atom stereocenters. The van der Waals surface area contributed by atoms with Gasteiger partial charge in [0.15, 0.2) is 6.29 Å². The van der Waals surface area contributed by atoms with Gasteiger partial charge in [0, 0.05) is 0 Å². The van der Waals surface area contributed by atoms with Gasteiger partial charge in [-0.25, -0.2) is 4.68 Å². The van der Waals surface area contributed by atoms with Crippen molar-refractivity contribution in [2.24, 2.45) is 10.9 Å². The number of aliphatic imine (C=N–C) groups is 1. The van der Waals surface area contributed by atoms with Crippen molar-refractivity contribution in [1.29, 1.82) is 0 Å². The summed E-state index contributed by atoms with van der Waals surface area (Å²) >= 11 is 0. The lowest BCUT2D eigenvalue weighted by Gasteiger charge is -2.18. The summed E-state index contributed by atoms with van der Waals surface area (Å²) in [4.78, 5) is 14.5. The van der Waals surface area contributed by atoms with Crippen LogP contribution in [-0.4, -0.2) is 34.6 Å². The van der Waals surface area contributed by atoms with Gasteiger partial charge in [0.2, 0.25) is 0 Å². The smallest absolute Gasteiger partial charge is 0.298 e. The highest BCUT2D eigenvalue weighted by molar-refractivity contribution is 5.96. The van der Waals surface area contributed by atoms with Crippen LogP contribution in [0.3, 0.4) is 0 Å². The molecule has 0 amide bonds. The number of rotatable bonds is 1. The minimum absolute atomic E-state index is 0.307. The zero-order valence-corrected chi connectivity index (χ0v) is 9.48. The van der Waals surface area contributed by atoms with E-state index in [9.17, 15) is 18.0 Å². The molecule has 2 heterocycles. The monoisotopic (exact) mass is 257 g/mol. The Labute approximate surface area is 101 Å². The minimum Gasteiger partial charge on any atom is -0.298 e. The van der Waals surface area contributed by atoms with Gasteiger partial charge in [-0.2, -0.15) is 18.3 Å². The number of dihydropyridines is 1. The predicted octanol–water partition coefficient (Wildman–Crippen LogP) is 2.00. The van der Waals surface area contributed by atoms with Crippen molar-refractivity contribution < 1.29 is 18.0 Å². The molecule has 1 aromatic rings.